The van der Waals surface area contributed by atoms with Gasteiger partial charge in [-0.25, -0.2) is 0 Å². The Morgan fingerprint density at radius 3 is 2.75 bits per heavy atom. The molecule has 1 aliphatic heterocycles. The summed E-state index contributed by atoms with van der Waals surface area (Å²) in [6.07, 6.45) is 1.91. The van der Waals surface area contributed by atoms with Crippen LogP contribution in [0.25, 0.3) is 0 Å². The van der Waals surface area contributed by atoms with Crippen LogP contribution < -0.4 is 0 Å². The molecule has 3 heteroatoms. The number of aryl methyl sites for hydroxylation is 1. The van der Waals surface area contributed by atoms with Gasteiger partial charge in [-0.05, 0) is 36.1 Å². The van der Waals surface area contributed by atoms with Crippen LogP contribution in [0.3, 0.4) is 0 Å². The Labute approximate surface area is 95.0 Å². The van der Waals surface area contributed by atoms with Crippen LogP contribution in [0.2, 0.25) is 0 Å². The number of aliphatic hydroxyl groups excluding tert-OH is 1. The molecular weight excluding hydrogens is 204 g/mol. The lowest BCUT2D eigenvalue weighted by Gasteiger charge is -2.23. The Bertz CT molecular complexity index is 419. The number of hydrogen-bond donors (Lipinski definition) is 1. The fourth-order valence-corrected chi connectivity index (χ4v) is 2.83. The van der Waals surface area contributed by atoms with E-state index in [1.165, 1.54) is 11.1 Å². The van der Waals surface area contributed by atoms with E-state index in [1.54, 1.807) is 0 Å². The average molecular weight is 220 g/mol. The Morgan fingerprint density at radius 2 is 2.06 bits per heavy atom. The molecule has 1 heterocycles. The maximum Gasteiger partial charge on any atom is 0.195 e. The summed E-state index contributed by atoms with van der Waals surface area (Å²) in [6, 6.07) is 4.08. The summed E-state index contributed by atoms with van der Waals surface area (Å²) in [4.78, 5) is 0. The highest BCUT2D eigenvalue weighted by Crippen LogP contribution is 2.44. The molecular formula is C13H16O3. The first-order chi connectivity index (χ1) is 7.75. The first kappa shape index (κ1) is 10.3. The maximum absolute atomic E-state index is 9.24. The SMILES string of the molecule is Cc1cc(CO)cc2c1CCC21OCCO1. The van der Waals surface area contributed by atoms with E-state index in [-0.39, 0.29) is 6.61 Å². The number of rotatable bonds is 1. The van der Waals surface area contributed by atoms with Gasteiger partial charge >= 0.3 is 0 Å². The van der Waals surface area contributed by atoms with Gasteiger partial charge in [-0.1, -0.05) is 6.07 Å². The van der Waals surface area contributed by atoms with E-state index in [0.29, 0.717) is 13.2 Å². The molecule has 0 unspecified atom stereocenters. The lowest BCUT2D eigenvalue weighted by atomic mass is 9.99. The summed E-state index contributed by atoms with van der Waals surface area (Å²) in [7, 11) is 0. The lowest BCUT2D eigenvalue weighted by Crippen LogP contribution is -2.23. The minimum atomic E-state index is -0.509. The fourth-order valence-electron chi connectivity index (χ4n) is 2.83. The van der Waals surface area contributed by atoms with Gasteiger partial charge in [-0.15, -0.1) is 0 Å². The van der Waals surface area contributed by atoms with Gasteiger partial charge in [0, 0.05) is 12.0 Å². The first-order valence-electron chi connectivity index (χ1n) is 5.77. The lowest BCUT2D eigenvalue weighted by molar-refractivity contribution is -0.163. The molecule has 0 radical (unpaired) electrons. The first-order valence-corrected chi connectivity index (χ1v) is 5.77. The van der Waals surface area contributed by atoms with Crippen LogP contribution in [0.4, 0.5) is 0 Å². The zero-order valence-corrected chi connectivity index (χ0v) is 9.45. The van der Waals surface area contributed by atoms with E-state index in [4.69, 9.17) is 9.47 Å². The third-order valence-corrected chi connectivity index (χ3v) is 3.58. The monoisotopic (exact) mass is 220 g/mol. The smallest absolute Gasteiger partial charge is 0.195 e. The molecule has 1 fully saturated rings. The van der Waals surface area contributed by atoms with Crippen LogP contribution in [-0.4, -0.2) is 18.3 Å². The van der Waals surface area contributed by atoms with E-state index < -0.39 is 5.79 Å². The number of ether oxygens (including phenoxy) is 2. The summed E-state index contributed by atoms with van der Waals surface area (Å²) >= 11 is 0. The van der Waals surface area contributed by atoms with Crippen LogP contribution >= 0.6 is 0 Å². The van der Waals surface area contributed by atoms with Crippen molar-refractivity contribution in [3.05, 3.63) is 34.4 Å². The topological polar surface area (TPSA) is 38.7 Å². The standard InChI is InChI=1S/C13H16O3/c1-9-6-10(8-14)7-12-11(9)2-3-13(12)15-4-5-16-13/h6-7,14H,2-5,8H2,1H3. The van der Waals surface area contributed by atoms with Crippen molar-refractivity contribution in [2.24, 2.45) is 0 Å². The highest BCUT2D eigenvalue weighted by Gasteiger charge is 2.44. The normalized spacial score (nSPS) is 21.6. The number of benzene rings is 1. The predicted molar refractivity (Wildman–Crippen MR) is 59.0 cm³/mol. The Hall–Kier alpha value is -0.900. The molecule has 1 saturated heterocycles. The minimum absolute atomic E-state index is 0.0736. The highest BCUT2D eigenvalue weighted by molar-refractivity contribution is 5.44. The van der Waals surface area contributed by atoms with Crippen LogP contribution in [0.15, 0.2) is 12.1 Å². The second kappa shape index (κ2) is 3.55. The number of hydrogen-bond acceptors (Lipinski definition) is 3. The van der Waals surface area contributed by atoms with Crippen molar-refractivity contribution in [1.82, 2.24) is 0 Å². The van der Waals surface area contributed by atoms with Crippen molar-refractivity contribution < 1.29 is 14.6 Å². The molecule has 1 spiro atoms. The largest absolute Gasteiger partial charge is 0.392 e. The molecule has 0 amide bonds. The molecule has 0 atom stereocenters. The van der Waals surface area contributed by atoms with Gasteiger partial charge in [0.15, 0.2) is 5.79 Å². The fraction of sp³-hybridized carbons (Fsp3) is 0.538. The van der Waals surface area contributed by atoms with Gasteiger partial charge in [0.2, 0.25) is 0 Å². The third-order valence-electron chi connectivity index (χ3n) is 3.58. The van der Waals surface area contributed by atoms with Crippen molar-refractivity contribution in [2.45, 2.75) is 32.2 Å². The molecule has 16 heavy (non-hydrogen) atoms. The van der Waals surface area contributed by atoms with Crippen LogP contribution in [-0.2, 0) is 28.3 Å². The van der Waals surface area contributed by atoms with Crippen molar-refractivity contribution in [2.75, 3.05) is 13.2 Å². The van der Waals surface area contributed by atoms with Gasteiger partial charge in [-0.3, -0.25) is 0 Å². The van der Waals surface area contributed by atoms with E-state index in [0.717, 1.165) is 24.0 Å². The summed E-state index contributed by atoms with van der Waals surface area (Å²) in [5.41, 5.74) is 4.64. The molecule has 0 saturated carbocycles. The second-order valence-electron chi connectivity index (χ2n) is 4.55. The van der Waals surface area contributed by atoms with E-state index in [9.17, 15) is 5.11 Å². The molecule has 1 aromatic rings. The van der Waals surface area contributed by atoms with E-state index >= 15 is 0 Å². The molecule has 3 rings (SSSR count). The summed E-state index contributed by atoms with van der Waals surface area (Å²) in [5.74, 6) is -0.509. The maximum atomic E-state index is 9.24. The van der Waals surface area contributed by atoms with Gasteiger partial charge in [-0.2, -0.15) is 0 Å². The molecule has 1 N–H and O–H groups in total. The molecule has 1 aliphatic carbocycles. The third kappa shape index (κ3) is 1.32. The second-order valence-corrected chi connectivity index (χ2v) is 4.55. The quantitative estimate of drug-likeness (QED) is 0.781. The van der Waals surface area contributed by atoms with Crippen molar-refractivity contribution in [1.29, 1.82) is 0 Å². The molecule has 1 aromatic carbocycles. The van der Waals surface area contributed by atoms with Crippen LogP contribution in [0, 0.1) is 6.92 Å². The van der Waals surface area contributed by atoms with Gasteiger partial charge in [0.1, 0.15) is 0 Å². The summed E-state index contributed by atoms with van der Waals surface area (Å²) in [5, 5.41) is 9.24. The zero-order valence-electron chi connectivity index (χ0n) is 9.45. The summed E-state index contributed by atoms with van der Waals surface area (Å²) in [6.45, 7) is 3.50. The van der Waals surface area contributed by atoms with Crippen molar-refractivity contribution in [3.63, 3.8) is 0 Å². The van der Waals surface area contributed by atoms with E-state index in [2.05, 4.69) is 6.92 Å². The molecule has 0 bridgehead atoms. The highest BCUT2D eigenvalue weighted by atomic mass is 16.7. The predicted octanol–water partition coefficient (Wildman–Crippen LogP) is 1.63. The molecule has 0 aromatic heterocycles. The van der Waals surface area contributed by atoms with Crippen LogP contribution in [0.5, 0.6) is 0 Å². The van der Waals surface area contributed by atoms with Gasteiger partial charge in [0.25, 0.3) is 0 Å². The van der Waals surface area contributed by atoms with E-state index in [1.807, 2.05) is 12.1 Å². The molecule has 2 aliphatic rings. The van der Waals surface area contributed by atoms with Gasteiger partial charge in [0.05, 0.1) is 19.8 Å². The Morgan fingerprint density at radius 1 is 1.31 bits per heavy atom. The zero-order chi connectivity index (χ0) is 11.2. The number of aliphatic hydroxyl groups is 1. The van der Waals surface area contributed by atoms with Crippen LogP contribution in [0.1, 0.15) is 28.7 Å². The van der Waals surface area contributed by atoms with Crippen molar-refractivity contribution in [3.8, 4) is 0 Å². The number of fused-ring (bicyclic) bond motifs is 2. The summed E-state index contributed by atoms with van der Waals surface area (Å²) < 4.78 is 11.6. The molecule has 3 nitrogen and oxygen atoms in total. The van der Waals surface area contributed by atoms with Gasteiger partial charge < -0.3 is 14.6 Å². The Balaban J connectivity index is 2.13. The molecule has 86 valence electrons. The average Bonchev–Trinajstić information content (AvgIpc) is 2.89. The minimum Gasteiger partial charge on any atom is -0.392 e. The Kier molecular flexibility index (Phi) is 2.28. The van der Waals surface area contributed by atoms with Crippen molar-refractivity contribution >= 4 is 0 Å².